The monoisotopic (exact) mass is 429 g/mol. The minimum atomic E-state index is -0.239. The normalized spacial score (nSPS) is 14.6. The summed E-state index contributed by atoms with van der Waals surface area (Å²) >= 11 is 0. The number of oxazole rings is 1. The molecule has 0 spiro atoms. The molecule has 4 aromatic heterocycles. The van der Waals surface area contributed by atoms with Crippen molar-refractivity contribution in [3.63, 3.8) is 0 Å². The molecular weight excluding hydrogens is 406 g/mol. The van der Waals surface area contributed by atoms with Gasteiger partial charge in [-0.25, -0.2) is 19.9 Å². The number of piperazine rings is 1. The van der Waals surface area contributed by atoms with Crippen molar-refractivity contribution in [3.05, 3.63) is 60.4 Å². The highest BCUT2D eigenvalue weighted by Gasteiger charge is 2.17. The van der Waals surface area contributed by atoms with Gasteiger partial charge in [0.1, 0.15) is 17.3 Å². The number of hydrogen-bond donors (Lipinski definition) is 1. The van der Waals surface area contributed by atoms with Gasteiger partial charge >= 0.3 is 0 Å². The number of fused-ring (bicyclic) bond motifs is 1. The number of likely N-dealkylation sites (N-methyl/N-ethyl adjacent to an activating group) is 1. The molecule has 0 bridgehead atoms. The number of aromatic nitrogens is 4. The topological polar surface area (TPSA) is 100 Å². The number of nitrogens with zero attached hydrogens (tertiary/aromatic N) is 6. The molecule has 0 radical (unpaired) electrons. The Kier molecular flexibility index (Phi) is 5.24. The summed E-state index contributed by atoms with van der Waals surface area (Å²) < 4.78 is 5.57. The zero-order chi connectivity index (χ0) is 22.1. The first kappa shape index (κ1) is 20.1. The van der Waals surface area contributed by atoms with E-state index in [-0.39, 0.29) is 5.91 Å². The molecule has 1 aliphatic heterocycles. The lowest BCUT2D eigenvalue weighted by Crippen LogP contribution is -2.44. The number of rotatable bonds is 4. The Morgan fingerprint density at radius 2 is 1.88 bits per heavy atom. The third kappa shape index (κ3) is 4.15. The van der Waals surface area contributed by atoms with Crippen LogP contribution in [0.4, 0.5) is 11.6 Å². The number of aryl methyl sites for hydroxylation is 1. The molecule has 162 valence electrons. The lowest BCUT2D eigenvalue weighted by molar-refractivity contribution is 0.102. The highest BCUT2D eigenvalue weighted by molar-refractivity contribution is 6.04. The molecule has 32 heavy (non-hydrogen) atoms. The van der Waals surface area contributed by atoms with Gasteiger partial charge in [-0.1, -0.05) is 0 Å². The molecule has 5 rings (SSSR count). The summed E-state index contributed by atoms with van der Waals surface area (Å²) in [6.45, 7) is 5.51. The fraction of sp³-hybridized carbons (Fsp3) is 0.261. The van der Waals surface area contributed by atoms with E-state index in [1.165, 1.54) is 0 Å². The molecule has 4 aromatic rings. The van der Waals surface area contributed by atoms with Crippen LogP contribution in [0, 0.1) is 6.92 Å². The molecule has 9 heteroatoms. The van der Waals surface area contributed by atoms with E-state index in [4.69, 9.17) is 4.42 Å². The Balaban J connectivity index is 1.36. The maximum atomic E-state index is 12.9. The highest BCUT2D eigenvalue weighted by atomic mass is 16.4. The predicted molar refractivity (Wildman–Crippen MR) is 122 cm³/mol. The van der Waals surface area contributed by atoms with Crippen molar-refractivity contribution in [1.29, 1.82) is 0 Å². The second-order valence-electron chi connectivity index (χ2n) is 7.85. The van der Waals surface area contributed by atoms with Crippen molar-refractivity contribution in [1.82, 2.24) is 24.8 Å². The number of anilines is 2. The standard InChI is InChI=1S/C23H23N7O2/c1-15-25-14-20(32-15)18-4-3-17-13-26-21(12-19(17)27-18)28-23(31)16-5-6-24-22(11-16)30-9-7-29(2)8-10-30/h3-6,11-14H,7-10H2,1-2H3,(H,26,28,31). The Morgan fingerprint density at radius 3 is 2.66 bits per heavy atom. The molecule has 9 nitrogen and oxygen atoms in total. The minimum Gasteiger partial charge on any atom is -0.439 e. The molecule has 1 aliphatic rings. The fourth-order valence-corrected chi connectivity index (χ4v) is 3.66. The van der Waals surface area contributed by atoms with Gasteiger partial charge in [-0.2, -0.15) is 0 Å². The van der Waals surface area contributed by atoms with Gasteiger partial charge in [-0.05, 0) is 31.3 Å². The summed E-state index contributed by atoms with van der Waals surface area (Å²) in [4.78, 5) is 34.9. The second kappa shape index (κ2) is 8.35. The van der Waals surface area contributed by atoms with E-state index in [0.29, 0.717) is 34.2 Å². The van der Waals surface area contributed by atoms with E-state index in [1.807, 2.05) is 18.2 Å². The number of hydrogen-bond acceptors (Lipinski definition) is 8. The molecule has 5 heterocycles. The maximum absolute atomic E-state index is 12.9. The molecule has 0 saturated carbocycles. The van der Waals surface area contributed by atoms with Gasteiger partial charge in [0.15, 0.2) is 11.7 Å². The molecular formula is C23H23N7O2. The molecule has 0 aliphatic carbocycles. The van der Waals surface area contributed by atoms with Crippen molar-refractivity contribution in [2.24, 2.45) is 0 Å². The Labute approximate surface area is 185 Å². The average Bonchev–Trinajstić information content (AvgIpc) is 3.25. The van der Waals surface area contributed by atoms with Crippen LogP contribution < -0.4 is 10.2 Å². The van der Waals surface area contributed by atoms with Gasteiger partial charge in [0.2, 0.25) is 0 Å². The quantitative estimate of drug-likeness (QED) is 0.528. The summed E-state index contributed by atoms with van der Waals surface area (Å²) in [5, 5.41) is 3.74. The fourth-order valence-electron chi connectivity index (χ4n) is 3.66. The molecule has 0 unspecified atom stereocenters. The van der Waals surface area contributed by atoms with E-state index in [9.17, 15) is 4.79 Å². The van der Waals surface area contributed by atoms with Crippen molar-refractivity contribution in [3.8, 4) is 11.5 Å². The summed E-state index contributed by atoms with van der Waals surface area (Å²) in [7, 11) is 2.11. The Bertz CT molecular complexity index is 1280. The van der Waals surface area contributed by atoms with Crippen LogP contribution in [0.1, 0.15) is 16.2 Å². The smallest absolute Gasteiger partial charge is 0.257 e. The SMILES string of the molecule is Cc1ncc(-c2ccc3cnc(NC(=O)c4ccnc(N5CCN(C)CC5)c4)cc3n2)o1. The van der Waals surface area contributed by atoms with Crippen LogP contribution in [0.3, 0.4) is 0 Å². The lowest BCUT2D eigenvalue weighted by atomic mass is 10.2. The van der Waals surface area contributed by atoms with Gasteiger partial charge in [-0.15, -0.1) is 0 Å². The zero-order valence-electron chi connectivity index (χ0n) is 17.9. The summed E-state index contributed by atoms with van der Waals surface area (Å²) in [5.41, 5.74) is 1.91. The number of carbonyl (C=O) groups is 1. The lowest BCUT2D eigenvalue weighted by Gasteiger charge is -2.33. The predicted octanol–water partition coefficient (Wildman–Crippen LogP) is 2.99. The van der Waals surface area contributed by atoms with Crippen LogP contribution in [-0.4, -0.2) is 64.0 Å². The summed E-state index contributed by atoms with van der Waals surface area (Å²) in [5.74, 6) is 2.18. The summed E-state index contributed by atoms with van der Waals surface area (Å²) in [6, 6.07) is 9.06. The second-order valence-corrected chi connectivity index (χ2v) is 7.85. The third-order valence-corrected chi connectivity index (χ3v) is 5.52. The van der Waals surface area contributed by atoms with Crippen LogP contribution in [0.25, 0.3) is 22.4 Å². The first-order valence-corrected chi connectivity index (χ1v) is 10.5. The van der Waals surface area contributed by atoms with E-state index in [0.717, 1.165) is 37.4 Å². The van der Waals surface area contributed by atoms with Crippen LogP contribution in [0.2, 0.25) is 0 Å². The first-order chi connectivity index (χ1) is 15.5. The van der Waals surface area contributed by atoms with Crippen LogP contribution in [0.5, 0.6) is 0 Å². The number of carbonyl (C=O) groups excluding carboxylic acids is 1. The molecule has 1 N–H and O–H groups in total. The van der Waals surface area contributed by atoms with E-state index >= 15 is 0 Å². The molecule has 0 aromatic carbocycles. The van der Waals surface area contributed by atoms with Crippen molar-refractivity contribution < 1.29 is 9.21 Å². The molecule has 0 atom stereocenters. The number of amides is 1. The number of nitrogens with one attached hydrogen (secondary N) is 1. The average molecular weight is 429 g/mol. The van der Waals surface area contributed by atoms with E-state index in [1.54, 1.807) is 37.6 Å². The zero-order valence-corrected chi connectivity index (χ0v) is 17.9. The van der Waals surface area contributed by atoms with Crippen LogP contribution in [-0.2, 0) is 0 Å². The third-order valence-electron chi connectivity index (χ3n) is 5.52. The molecule has 1 fully saturated rings. The van der Waals surface area contributed by atoms with E-state index in [2.05, 4.69) is 42.1 Å². The Morgan fingerprint density at radius 1 is 1.03 bits per heavy atom. The maximum Gasteiger partial charge on any atom is 0.257 e. The van der Waals surface area contributed by atoms with E-state index < -0.39 is 0 Å². The van der Waals surface area contributed by atoms with Crippen molar-refractivity contribution in [2.45, 2.75) is 6.92 Å². The van der Waals surface area contributed by atoms with Gasteiger partial charge < -0.3 is 19.5 Å². The Hall–Kier alpha value is -3.85. The van der Waals surface area contributed by atoms with Gasteiger partial charge in [0.05, 0.1) is 11.7 Å². The van der Waals surface area contributed by atoms with Crippen molar-refractivity contribution in [2.75, 3.05) is 43.4 Å². The summed E-state index contributed by atoms with van der Waals surface area (Å²) in [6.07, 6.45) is 5.01. The minimum absolute atomic E-state index is 0.239. The van der Waals surface area contributed by atoms with Gasteiger partial charge in [-0.3, -0.25) is 4.79 Å². The van der Waals surface area contributed by atoms with Crippen LogP contribution >= 0.6 is 0 Å². The highest BCUT2D eigenvalue weighted by Crippen LogP contribution is 2.23. The van der Waals surface area contributed by atoms with Gasteiger partial charge in [0, 0.05) is 62.5 Å². The van der Waals surface area contributed by atoms with Crippen molar-refractivity contribution >= 4 is 28.4 Å². The van der Waals surface area contributed by atoms with Gasteiger partial charge in [0.25, 0.3) is 5.91 Å². The van der Waals surface area contributed by atoms with Crippen LogP contribution in [0.15, 0.2) is 53.3 Å². The first-order valence-electron chi connectivity index (χ1n) is 10.5. The molecule has 1 saturated heterocycles. The largest absolute Gasteiger partial charge is 0.439 e. The number of pyridine rings is 3. The molecule has 1 amide bonds.